The lowest BCUT2D eigenvalue weighted by Crippen LogP contribution is -3.16. The number of methoxy groups -OCH3 is 2. The Bertz CT molecular complexity index is 872. The number of benzene rings is 1. The van der Waals surface area contributed by atoms with Gasteiger partial charge in [-0.05, 0) is 24.1 Å². The first-order chi connectivity index (χ1) is 12.7. The molecule has 5 rings (SSSR count). The maximum Gasteiger partial charge on any atom is 0.336 e. The van der Waals surface area contributed by atoms with Gasteiger partial charge in [0, 0.05) is 24.5 Å². The predicted molar refractivity (Wildman–Crippen MR) is 98.3 cm³/mol. The van der Waals surface area contributed by atoms with Crippen LogP contribution in [0.5, 0.6) is 5.75 Å². The van der Waals surface area contributed by atoms with Gasteiger partial charge < -0.3 is 19.7 Å². The molecule has 3 aliphatic heterocycles. The highest BCUT2D eigenvalue weighted by molar-refractivity contribution is 5.94. The van der Waals surface area contributed by atoms with Gasteiger partial charge >= 0.3 is 5.97 Å². The molecule has 1 aromatic rings. The molecule has 1 aromatic carbocycles. The Kier molecular flexibility index (Phi) is 3.29. The number of hydrogen-bond donors (Lipinski definition) is 2. The van der Waals surface area contributed by atoms with Gasteiger partial charge in [-0.15, -0.1) is 0 Å². The Labute approximate surface area is 153 Å². The Morgan fingerprint density at radius 2 is 2.23 bits per heavy atom. The van der Waals surface area contributed by atoms with Crippen LogP contribution in [-0.2, 0) is 14.9 Å². The topological polar surface area (TPSA) is 52.0 Å². The average Bonchev–Trinajstić information content (AvgIpc) is 3.23. The molecule has 2 N–H and O–H groups in total. The highest BCUT2D eigenvalue weighted by atomic mass is 16.5. The molecule has 1 aliphatic carbocycles. The monoisotopic (exact) mass is 353 g/mol. The molecular formula is C21H25N2O3+. The molecule has 4 atom stereocenters. The fourth-order valence-electron chi connectivity index (χ4n) is 6.04. The second kappa shape index (κ2) is 5.36. The number of anilines is 1. The molecule has 2 bridgehead atoms. The lowest BCUT2D eigenvalue weighted by molar-refractivity contribution is -0.914. The summed E-state index contributed by atoms with van der Waals surface area (Å²) < 4.78 is 10.9. The highest BCUT2D eigenvalue weighted by Gasteiger charge is 2.65. The average molecular weight is 353 g/mol. The van der Waals surface area contributed by atoms with Gasteiger partial charge in [0.05, 0.1) is 44.0 Å². The zero-order valence-corrected chi connectivity index (χ0v) is 15.5. The van der Waals surface area contributed by atoms with Gasteiger partial charge in [-0.25, -0.2) is 4.79 Å². The summed E-state index contributed by atoms with van der Waals surface area (Å²) >= 11 is 0. The van der Waals surface area contributed by atoms with Gasteiger partial charge in [0.25, 0.3) is 0 Å². The molecule has 0 radical (unpaired) electrons. The number of nitrogens with one attached hydrogen (secondary N) is 2. The van der Waals surface area contributed by atoms with E-state index in [1.54, 1.807) is 12.0 Å². The van der Waals surface area contributed by atoms with Crippen LogP contribution in [0.2, 0.25) is 0 Å². The van der Waals surface area contributed by atoms with Crippen molar-refractivity contribution in [2.45, 2.75) is 31.2 Å². The molecule has 5 heteroatoms. The van der Waals surface area contributed by atoms with Crippen LogP contribution in [-0.4, -0.2) is 39.3 Å². The number of rotatable bonds is 2. The van der Waals surface area contributed by atoms with Crippen LogP contribution in [0.25, 0.3) is 0 Å². The highest BCUT2D eigenvalue weighted by Crippen LogP contribution is 2.58. The Morgan fingerprint density at radius 1 is 1.38 bits per heavy atom. The Morgan fingerprint density at radius 3 is 2.96 bits per heavy atom. The van der Waals surface area contributed by atoms with E-state index in [0.717, 1.165) is 48.6 Å². The lowest BCUT2D eigenvalue weighted by Gasteiger charge is -2.45. The van der Waals surface area contributed by atoms with E-state index in [1.807, 2.05) is 6.07 Å². The lowest BCUT2D eigenvalue weighted by atomic mass is 9.62. The van der Waals surface area contributed by atoms with E-state index in [9.17, 15) is 4.79 Å². The maximum absolute atomic E-state index is 12.9. The third kappa shape index (κ3) is 1.72. The van der Waals surface area contributed by atoms with Crippen molar-refractivity contribution in [3.8, 4) is 5.75 Å². The fourth-order valence-corrected chi connectivity index (χ4v) is 6.04. The SMILES string of the molecule is C/C=C1\C[NH+]2CC[C@]34C(=C(C(=O)OC)[C@H]1C[C@H]23)Nc1c(OC)cccc14. The molecule has 2 saturated heterocycles. The van der Waals surface area contributed by atoms with E-state index in [1.165, 1.54) is 18.2 Å². The summed E-state index contributed by atoms with van der Waals surface area (Å²) in [5, 5.41) is 3.63. The van der Waals surface area contributed by atoms with Gasteiger partial charge in [-0.2, -0.15) is 0 Å². The summed E-state index contributed by atoms with van der Waals surface area (Å²) in [6.07, 6.45) is 4.27. The number of para-hydroxylation sites is 1. The molecule has 0 amide bonds. The van der Waals surface area contributed by atoms with Gasteiger partial charge in [-0.3, -0.25) is 0 Å². The molecule has 1 spiro atoms. The van der Waals surface area contributed by atoms with Gasteiger partial charge in [0.15, 0.2) is 0 Å². The smallest absolute Gasteiger partial charge is 0.336 e. The van der Waals surface area contributed by atoms with Crippen LogP contribution in [0.4, 0.5) is 5.69 Å². The quantitative estimate of drug-likeness (QED) is 0.624. The number of ether oxygens (including phenoxy) is 2. The van der Waals surface area contributed by atoms with Crippen molar-refractivity contribution >= 4 is 11.7 Å². The number of carbonyl (C=O) groups is 1. The summed E-state index contributed by atoms with van der Waals surface area (Å²) in [7, 11) is 3.19. The van der Waals surface area contributed by atoms with E-state index in [0.29, 0.717) is 6.04 Å². The predicted octanol–water partition coefficient (Wildman–Crippen LogP) is 1.42. The minimum absolute atomic E-state index is 0.113. The van der Waals surface area contributed by atoms with Crippen molar-refractivity contribution in [2.24, 2.45) is 5.92 Å². The van der Waals surface area contributed by atoms with E-state index < -0.39 is 0 Å². The van der Waals surface area contributed by atoms with Crippen LogP contribution in [0, 0.1) is 5.92 Å². The van der Waals surface area contributed by atoms with Crippen LogP contribution in [0.1, 0.15) is 25.3 Å². The minimum Gasteiger partial charge on any atom is -0.495 e. The van der Waals surface area contributed by atoms with Crippen molar-refractivity contribution in [1.29, 1.82) is 0 Å². The van der Waals surface area contributed by atoms with Crippen LogP contribution >= 0.6 is 0 Å². The Hall–Kier alpha value is -2.27. The summed E-state index contributed by atoms with van der Waals surface area (Å²) in [4.78, 5) is 14.5. The fraction of sp³-hybridized carbons (Fsp3) is 0.476. The van der Waals surface area contributed by atoms with Crippen LogP contribution in [0.15, 0.2) is 41.1 Å². The molecule has 1 unspecified atom stereocenters. The van der Waals surface area contributed by atoms with Crippen LogP contribution in [0.3, 0.4) is 0 Å². The zero-order valence-electron chi connectivity index (χ0n) is 15.5. The largest absolute Gasteiger partial charge is 0.495 e. The second-order valence-electron chi connectivity index (χ2n) is 7.80. The first-order valence-electron chi connectivity index (χ1n) is 9.42. The number of piperidine rings is 1. The van der Waals surface area contributed by atoms with E-state index in [4.69, 9.17) is 9.47 Å². The molecule has 0 aromatic heterocycles. The van der Waals surface area contributed by atoms with Crippen molar-refractivity contribution in [3.05, 3.63) is 46.7 Å². The first-order valence-corrected chi connectivity index (χ1v) is 9.42. The number of fused-ring (bicyclic) bond motifs is 2. The summed E-state index contributed by atoms with van der Waals surface area (Å²) in [6, 6.07) is 6.77. The number of allylic oxidation sites excluding steroid dienone is 1. The Balaban J connectivity index is 1.82. The van der Waals surface area contributed by atoms with Crippen LogP contribution < -0.4 is 15.0 Å². The minimum atomic E-state index is -0.197. The third-order valence-corrected chi connectivity index (χ3v) is 7.10. The van der Waals surface area contributed by atoms with Crippen molar-refractivity contribution < 1.29 is 19.2 Å². The first kappa shape index (κ1) is 15.9. The van der Waals surface area contributed by atoms with Gasteiger partial charge in [-0.1, -0.05) is 18.2 Å². The molecular weight excluding hydrogens is 328 g/mol. The zero-order chi connectivity index (χ0) is 18.1. The molecule has 136 valence electrons. The van der Waals surface area contributed by atoms with E-state index in [2.05, 4.69) is 30.4 Å². The van der Waals surface area contributed by atoms with Crippen molar-refractivity contribution in [3.63, 3.8) is 0 Å². The van der Waals surface area contributed by atoms with Gasteiger partial charge in [0.1, 0.15) is 11.8 Å². The second-order valence-corrected chi connectivity index (χ2v) is 7.80. The van der Waals surface area contributed by atoms with Crippen molar-refractivity contribution in [2.75, 3.05) is 32.6 Å². The molecule has 4 aliphatic rings. The number of esters is 1. The normalized spacial score (nSPS) is 35.0. The van der Waals surface area contributed by atoms with Crippen molar-refractivity contribution in [1.82, 2.24) is 0 Å². The van der Waals surface area contributed by atoms with E-state index >= 15 is 0 Å². The molecule has 2 fully saturated rings. The molecule has 3 heterocycles. The molecule has 5 nitrogen and oxygen atoms in total. The summed E-state index contributed by atoms with van der Waals surface area (Å²) in [5.41, 5.74) is 5.47. The molecule has 26 heavy (non-hydrogen) atoms. The number of carbonyl (C=O) groups excluding carboxylic acids is 1. The molecule has 0 saturated carbocycles. The third-order valence-electron chi connectivity index (χ3n) is 7.10. The summed E-state index contributed by atoms with van der Waals surface area (Å²) in [6.45, 7) is 4.25. The number of hydrogen-bond acceptors (Lipinski definition) is 4. The van der Waals surface area contributed by atoms with E-state index in [-0.39, 0.29) is 17.3 Å². The number of quaternary nitrogens is 1. The van der Waals surface area contributed by atoms with Gasteiger partial charge in [0.2, 0.25) is 0 Å². The maximum atomic E-state index is 12.9. The standard InChI is InChI=1S/C21H24N2O3/c1-4-12-11-23-9-8-21-14-6-5-7-15(25-2)18(14)22-19(21)17(20(24)26-3)13(12)10-16(21)23/h4-7,13,16,22H,8-11H2,1-3H3/p+1/b12-4+/t13-,16-,21+/m0/s1. The summed E-state index contributed by atoms with van der Waals surface area (Å²) in [5.74, 6) is 0.810.